The molecule has 0 saturated heterocycles. The average Bonchev–Trinajstić information content (AvgIpc) is 2.16. The first-order valence-electron chi connectivity index (χ1n) is 4.23. The molecule has 64 valence electrons. The number of benzene rings is 1. The molecule has 1 unspecified atom stereocenters. The highest BCUT2D eigenvalue weighted by molar-refractivity contribution is 5.14. The first kappa shape index (κ1) is 9.01. The molecule has 1 aromatic rings. The van der Waals surface area contributed by atoms with Crippen molar-refractivity contribution in [1.82, 2.24) is 5.32 Å². The van der Waals surface area contributed by atoms with E-state index in [-0.39, 0.29) is 0 Å². The maximum atomic E-state index is 3.71. The van der Waals surface area contributed by atoms with Crippen LogP contribution >= 0.6 is 0 Å². The molecule has 0 aliphatic rings. The van der Waals surface area contributed by atoms with Crippen molar-refractivity contribution >= 4 is 0 Å². The molecule has 0 saturated carbocycles. The van der Waals surface area contributed by atoms with E-state index >= 15 is 0 Å². The van der Waals surface area contributed by atoms with Crippen molar-refractivity contribution in [2.75, 3.05) is 0 Å². The van der Waals surface area contributed by atoms with Gasteiger partial charge in [-0.2, -0.15) is 0 Å². The molecule has 0 spiro atoms. The van der Waals surface area contributed by atoms with Crippen molar-refractivity contribution in [3.8, 4) is 0 Å². The lowest BCUT2D eigenvalue weighted by molar-refractivity contribution is 0.634. The Kier molecular flexibility index (Phi) is 3.55. The SMILES string of the molecule is C=CC(C)NCc1ccccc1. The van der Waals surface area contributed by atoms with E-state index in [1.54, 1.807) is 0 Å². The van der Waals surface area contributed by atoms with E-state index in [4.69, 9.17) is 0 Å². The van der Waals surface area contributed by atoms with Gasteiger partial charge in [-0.3, -0.25) is 0 Å². The Morgan fingerprint density at radius 3 is 2.67 bits per heavy atom. The van der Waals surface area contributed by atoms with E-state index < -0.39 is 0 Å². The topological polar surface area (TPSA) is 12.0 Å². The molecule has 1 heteroatoms. The van der Waals surface area contributed by atoms with Crippen molar-refractivity contribution in [2.45, 2.75) is 19.5 Å². The molecule has 0 aliphatic carbocycles. The summed E-state index contributed by atoms with van der Waals surface area (Å²) in [7, 11) is 0. The van der Waals surface area contributed by atoms with Gasteiger partial charge in [-0.05, 0) is 12.5 Å². The van der Waals surface area contributed by atoms with Crippen LogP contribution in [0.4, 0.5) is 0 Å². The molecule has 1 N–H and O–H groups in total. The highest BCUT2D eigenvalue weighted by Crippen LogP contribution is 1.97. The van der Waals surface area contributed by atoms with Crippen LogP contribution in [0.2, 0.25) is 0 Å². The van der Waals surface area contributed by atoms with Gasteiger partial charge in [0.05, 0.1) is 0 Å². The van der Waals surface area contributed by atoms with Gasteiger partial charge >= 0.3 is 0 Å². The summed E-state index contributed by atoms with van der Waals surface area (Å²) < 4.78 is 0. The Morgan fingerprint density at radius 2 is 2.08 bits per heavy atom. The zero-order chi connectivity index (χ0) is 8.81. The minimum atomic E-state index is 0.380. The van der Waals surface area contributed by atoms with E-state index in [1.165, 1.54) is 5.56 Å². The minimum absolute atomic E-state index is 0.380. The molecule has 0 aromatic heterocycles. The summed E-state index contributed by atoms with van der Waals surface area (Å²) in [5.41, 5.74) is 1.31. The molecular weight excluding hydrogens is 146 g/mol. The molecule has 0 heterocycles. The van der Waals surface area contributed by atoms with Crippen LogP contribution in [-0.2, 0) is 6.54 Å². The fraction of sp³-hybridized carbons (Fsp3) is 0.273. The second-order valence-electron chi connectivity index (χ2n) is 2.89. The number of rotatable bonds is 4. The molecule has 1 aromatic carbocycles. The monoisotopic (exact) mass is 161 g/mol. The summed E-state index contributed by atoms with van der Waals surface area (Å²) in [4.78, 5) is 0. The normalized spacial score (nSPS) is 12.4. The van der Waals surface area contributed by atoms with Gasteiger partial charge < -0.3 is 5.32 Å². The summed E-state index contributed by atoms with van der Waals surface area (Å²) in [5, 5.41) is 3.33. The molecule has 0 aliphatic heterocycles. The molecule has 0 radical (unpaired) electrons. The van der Waals surface area contributed by atoms with E-state index in [0.717, 1.165) is 6.54 Å². The summed E-state index contributed by atoms with van der Waals surface area (Å²) in [6, 6.07) is 10.7. The number of nitrogens with one attached hydrogen (secondary N) is 1. The maximum Gasteiger partial charge on any atom is 0.0222 e. The predicted octanol–water partition coefficient (Wildman–Crippen LogP) is 2.35. The molecule has 12 heavy (non-hydrogen) atoms. The van der Waals surface area contributed by atoms with Crippen molar-refractivity contribution in [1.29, 1.82) is 0 Å². The van der Waals surface area contributed by atoms with E-state index in [2.05, 4.69) is 43.1 Å². The third-order valence-corrected chi connectivity index (χ3v) is 1.82. The van der Waals surface area contributed by atoms with Gasteiger partial charge in [0.25, 0.3) is 0 Å². The summed E-state index contributed by atoms with van der Waals surface area (Å²) in [6.07, 6.45) is 1.91. The molecule has 1 rings (SSSR count). The van der Waals surface area contributed by atoms with Crippen LogP contribution < -0.4 is 5.32 Å². The van der Waals surface area contributed by atoms with Crippen molar-refractivity contribution < 1.29 is 0 Å². The van der Waals surface area contributed by atoms with Crippen LogP contribution in [-0.4, -0.2) is 6.04 Å². The fourth-order valence-corrected chi connectivity index (χ4v) is 0.958. The molecule has 1 atom stereocenters. The van der Waals surface area contributed by atoms with E-state index in [9.17, 15) is 0 Å². The van der Waals surface area contributed by atoms with Gasteiger partial charge in [0.15, 0.2) is 0 Å². The second-order valence-corrected chi connectivity index (χ2v) is 2.89. The van der Waals surface area contributed by atoms with Gasteiger partial charge in [0, 0.05) is 12.6 Å². The van der Waals surface area contributed by atoms with Gasteiger partial charge in [0.1, 0.15) is 0 Å². The Hall–Kier alpha value is -1.08. The number of hydrogen-bond donors (Lipinski definition) is 1. The van der Waals surface area contributed by atoms with Crippen LogP contribution in [0.1, 0.15) is 12.5 Å². The molecule has 0 amide bonds. The standard InChI is InChI=1S/C11H15N/c1-3-10(2)12-9-11-7-5-4-6-8-11/h3-8,10,12H,1,9H2,2H3. The smallest absolute Gasteiger partial charge is 0.0222 e. The lowest BCUT2D eigenvalue weighted by Crippen LogP contribution is -2.22. The minimum Gasteiger partial charge on any atom is -0.307 e. The first-order chi connectivity index (χ1) is 5.83. The van der Waals surface area contributed by atoms with Crippen molar-refractivity contribution in [2.24, 2.45) is 0 Å². The second kappa shape index (κ2) is 4.73. The largest absolute Gasteiger partial charge is 0.307 e. The molecule has 0 bridgehead atoms. The van der Waals surface area contributed by atoms with Gasteiger partial charge in [-0.25, -0.2) is 0 Å². The van der Waals surface area contributed by atoms with Crippen LogP contribution in [0, 0.1) is 0 Å². The van der Waals surface area contributed by atoms with E-state index in [0.29, 0.717) is 6.04 Å². The summed E-state index contributed by atoms with van der Waals surface area (Å²) in [5.74, 6) is 0. The van der Waals surface area contributed by atoms with E-state index in [1.807, 2.05) is 12.1 Å². The quantitative estimate of drug-likeness (QED) is 0.668. The fourth-order valence-electron chi connectivity index (χ4n) is 0.958. The molecule has 0 fully saturated rings. The maximum absolute atomic E-state index is 3.71. The third-order valence-electron chi connectivity index (χ3n) is 1.82. The summed E-state index contributed by atoms with van der Waals surface area (Å²) in [6.45, 7) is 6.71. The predicted molar refractivity (Wildman–Crippen MR) is 52.9 cm³/mol. The Labute approximate surface area is 74.1 Å². The number of hydrogen-bond acceptors (Lipinski definition) is 1. The van der Waals surface area contributed by atoms with Crippen LogP contribution in [0.15, 0.2) is 43.0 Å². The highest BCUT2D eigenvalue weighted by Gasteiger charge is 1.94. The average molecular weight is 161 g/mol. The Balaban J connectivity index is 2.38. The molecular formula is C11H15N. The van der Waals surface area contributed by atoms with Gasteiger partial charge in [-0.15, -0.1) is 6.58 Å². The van der Waals surface area contributed by atoms with Gasteiger partial charge in [0.2, 0.25) is 0 Å². The summed E-state index contributed by atoms with van der Waals surface area (Å²) >= 11 is 0. The highest BCUT2D eigenvalue weighted by atomic mass is 14.9. The van der Waals surface area contributed by atoms with Gasteiger partial charge in [-0.1, -0.05) is 36.4 Å². The van der Waals surface area contributed by atoms with Crippen molar-refractivity contribution in [3.05, 3.63) is 48.6 Å². The zero-order valence-electron chi connectivity index (χ0n) is 7.46. The van der Waals surface area contributed by atoms with Crippen LogP contribution in [0.5, 0.6) is 0 Å². The third kappa shape index (κ3) is 2.89. The first-order valence-corrected chi connectivity index (χ1v) is 4.23. The zero-order valence-corrected chi connectivity index (χ0v) is 7.46. The lowest BCUT2D eigenvalue weighted by atomic mass is 10.2. The van der Waals surface area contributed by atoms with Crippen LogP contribution in [0.25, 0.3) is 0 Å². The van der Waals surface area contributed by atoms with Crippen molar-refractivity contribution in [3.63, 3.8) is 0 Å². The Bertz CT molecular complexity index is 228. The van der Waals surface area contributed by atoms with Crippen LogP contribution in [0.3, 0.4) is 0 Å². The Morgan fingerprint density at radius 1 is 1.42 bits per heavy atom. The molecule has 1 nitrogen and oxygen atoms in total. The lowest BCUT2D eigenvalue weighted by Gasteiger charge is -2.08.